The molecule has 0 saturated heterocycles. The minimum atomic E-state index is -0.535. The minimum Gasteiger partial charge on any atom is -0.486 e. The van der Waals surface area contributed by atoms with Gasteiger partial charge in [-0.2, -0.15) is 0 Å². The van der Waals surface area contributed by atoms with Crippen molar-refractivity contribution in [3.63, 3.8) is 0 Å². The van der Waals surface area contributed by atoms with Gasteiger partial charge in [-0.05, 0) is 24.6 Å². The highest BCUT2D eigenvalue weighted by molar-refractivity contribution is 5.85. The number of anilines is 1. The van der Waals surface area contributed by atoms with Crippen molar-refractivity contribution in [2.45, 2.75) is 13.5 Å². The van der Waals surface area contributed by atoms with Gasteiger partial charge in [-0.3, -0.25) is 5.32 Å². The number of benzene rings is 2. The molecule has 5 heteroatoms. The molecule has 1 N–H and O–H groups in total. The Labute approximate surface area is 141 Å². The maximum absolute atomic E-state index is 11.3. The second kappa shape index (κ2) is 9.25. The Morgan fingerprint density at radius 3 is 2.58 bits per heavy atom. The summed E-state index contributed by atoms with van der Waals surface area (Å²) in [7, 11) is 1.32. The van der Waals surface area contributed by atoms with Crippen LogP contribution in [-0.4, -0.2) is 19.8 Å². The van der Waals surface area contributed by atoms with Gasteiger partial charge in [0.25, 0.3) is 0 Å². The van der Waals surface area contributed by atoms with Crippen molar-refractivity contribution in [1.82, 2.24) is 0 Å². The molecule has 0 atom stereocenters. The Bertz CT molecular complexity index is 683. The van der Waals surface area contributed by atoms with Crippen molar-refractivity contribution >= 4 is 11.8 Å². The summed E-state index contributed by atoms with van der Waals surface area (Å²) in [6, 6.07) is 15.1. The van der Waals surface area contributed by atoms with E-state index in [9.17, 15) is 4.79 Å². The second-order valence-corrected chi connectivity index (χ2v) is 4.93. The Morgan fingerprint density at radius 1 is 1.08 bits per heavy atom. The molecule has 0 saturated carbocycles. The van der Waals surface area contributed by atoms with Gasteiger partial charge in [0.2, 0.25) is 0 Å². The van der Waals surface area contributed by atoms with Gasteiger partial charge in [0.15, 0.2) is 11.5 Å². The fourth-order valence-electron chi connectivity index (χ4n) is 1.96. The molecule has 2 aromatic carbocycles. The number of nitrogens with one attached hydrogen (secondary N) is 1. The molecule has 0 aliphatic carbocycles. The third-order valence-corrected chi connectivity index (χ3v) is 3.18. The summed E-state index contributed by atoms with van der Waals surface area (Å²) >= 11 is 0. The average molecular weight is 327 g/mol. The van der Waals surface area contributed by atoms with Crippen LogP contribution in [0.4, 0.5) is 10.5 Å². The lowest BCUT2D eigenvalue weighted by Gasteiger charge is -2.14. The molecule has 0 bridgehead atoms. The van der Waals surface area contributed by atoms with Crippen molar-refractivity contribution in [1.29, 1.82) is 0 Å². The van der Waals surface area contributed by atoms with Crippen LogP contribution in [0.3, 0.4) is 0 Å². The van der Waals surface area contributed by atoms with Gasteiger partial charge in [-0.15, -0.1) is 0 Å². The van der Waals surface area contributed by atoms with E-state index >= 15 is 0 Å². The molecular formula is C19H21NO4. The first-order valence-corrected chi connectivity index (χ1v) is 7.62. The Kier molecular flexibility index (Phi) is 6.71. The summed E-state index contributed by atoms with van der Waals surface area (Å²) in [4.78, 5) is 11.3. The largest absolute Gasteiger partial charge is 0.486 e. The van der Waals surface area contributed by atoms with Crippen LogP contribution >= 0.6 is 0 Å². The van der Waals surface area contributed by atoms with Crippen molar-refractivity contribution < 1.29 is 19.0 Å². The molecule has 126 valence electrons. The summed E-state index contributed by atoms with van der Waals surface area (Å²) in [6.07, 6.45) is 3.26. The third kappa shape index (κ3) is 5.35. The fourth-order valence-corrected chi connectivity index (χ4v) is 1.96. The van der Waals surface area contributed by atoms with Crippen LogP contribution in [0.5, 0.6) is 11.5 Å². The van der Waals surface area contributed by atoms with E-state index in [0.29, 0.717) is 30.4 Å². The summed E-state index contributed by atoms with van der Waals surface area (Å²) in [5, 5.41) is 2.61. The molecule has 0 aliphatic rings. The molecule has 5 nitrogen and oxygen atoms in total. The Morgan fingerprint density at radius 2 is 1.88 bits per heavy atom. The van der Waals surface area contributed by atoms with Gasteiger partial charge < -0.3 is 14.2 Å². The first kappa shape index (κ1) is 17.4. The molecule has 0 spiro atoms. The highest BCUT2D eigenvalue weighted by atomic mass is 16.5. The molecule has 0 radical (unpaired) electrons. The molecule has 2 aromatic rings. The predicted octanol–water partition coefficient (Wildman–Crippen LogP) is 4.40. The maximum atomic E-state index is 11.3. The van der Waals surface area contributed by atoms with Gasteiger partial charge in [0.05, 0.1) is 7.11 Å². The molecule has 0 aromatic heterocycles. The van der Waals surface area contributed by atoms with Crippen LogP contribution in [0, 0.1) is 0 Å². The van der Waals surface area contributed by atoms with Crippen LogP contribution in [0.25, 0.3) is 0 Å². The van der Waals surface area contributed by atoms with E-state index in [4.69, 9.17) is 9.47 Å². The highest BCUT2D eigenvalue weighted by Gasteiger charge is 2.09. The van der Waals surface area contributed by atoms with E-state index in [0.717, 1.165) is 5.56 Å². The molecule has 2 rings (SSSR count). The zero-order valence-electron chi connectivity index (χ0n) is 13.8. The molecule has 0 aliphatic heterocycles. The van der Waals surface area contributed by atoms with E-state index in [1.807, 2.05) is 49.4 Å². The molecular weight excluding hydrogens is 306 g/mol. The van der Waals surface area contributed by atoms with Crippen molar-refractivity contribution in [3.8, 4) is 11.5 Å². The van der Waals surface area contributed by atoms with Crippen LogP contribution < -0.4 is 14.8 Å². The lowest BCUT2D eigenvalue weighted by molar-refractivity contribution is 0.187. The van der Waals surface area contributed by atoms with Gasteiger partial charge in [0.1, 0.15) is 13.2 Å². The fraction of sp³-hybridized carbons (Fsp3) is 0.211. The summed E-state index contributed by atoms with van der Waals surface area (Å²) in [6.45, 7) is 2.77. The molecule has 0 heterocycles. The van der Waals surface area contributed by atoms with Gasteiger partial charge in [0, 0.05) is 11.8 Å². The zero-order valence-corrected chi connectivity index (χ0v) is 13.8. The van der Waals surface area contributed by atoms with Crippen molar-refractivity contribution in [3.05, 3.63) is 66.2 Å². The SMILES string of the molecule is C/C=C/COc1cc(NC(=O)OC)ccc1OCc1ccccc1. The highest BCUT2D eigenvalue weighted by Crippen LogP contribution is 2.31. The number of hydrogen-bond donors (Lipinski definition) is 1. The Hall–Kier alpha value is -2.95. The second-order valence-electron chi connectivity index (χ2n) is 4.93. The minimum absolute atomic E-state index is 0.417. The smallest absolute Gasteiger partial charge is 0.411 e. The number of carbonyl (C=O) groups excluding carboxylic acids is 1. The van der Waals surface area contributed by atoms with Crippen LogP contribution in [0.1, 0.15) is 12.5 Å². The number of methoxy groups -OCH3 is 1. The third-order valence-electron chi connectivity index (χ3n) is 3.18. The number of carbonyl (C=O) groups is 1. The molecule has 0 unspecified atom stereocenters. The monoisotopic (exact) mass is 327 g/mol. The normalized spacial score (nSPS) is 10.4. The van der Waals surface area contributed by atoms with Gasteiger partial charge >= 0.3 is 6.09 Å². The number of allylic oxidation sites excluding steroid dienone is 1. The quantitative estimate of drug-likeness (QED) is 0.766. The number of amides is 1. The summed E-state index contributed by atoms with van der Waals surface area (Å²) in [5.74, 6) is 1.16. The van der Waals surface area contributed by atoms with E-state index < -0.39 is 6.09 Å². The first-order valence-electron chi connectivity index (χ1n) is 7.62. The zero-order chi connectivity index (χ0) is 17.2. The number of hydrogen-bond acceptors (Lipinski definition) is 4. The van der Waals surface area contributed by atoms with Crippen molar-refractivity contribution in [2.24, 2.45) is 0 Å². The van der Waals surface area contributed by atoms with Gasteiger partial charge in [-0.25, -0.2) is 4.79 Å². The molecule has 24 heavy (non-hydrogen) atoms. The van der Waals surface area contributed by atoms with E-state index in [-0.39, 0.29) is 0 Å². The topological polar surface area (TPSA) is 56.8 Å². The van der Waals surface area contributed by atoms with Crippen molar-refractivity contribution in [2.75, 3.05) is 19.0 Å². The lowest BCUT2D eigenvalue weighted by Crippen LogP contribution is -2.11. The maximum Gasteiger partial charge on any atom is 0.411 e. The summed E-state index contributed by atoms with van der Waals surface area (Å²) < 4.78 is 16.2. The predicted molar refractivity (Wildman–Crippen MR) is 93.6 cm³/mol. The Balaban J connectivity index is 2.13. The first-order chi connectivity index (χ1) is 11.7. The lowest BCUT2D eigenvalue weighted by atomic mass is 10.2. The standard InChI is InChI=1S/C19H21NO4/c1-3-4-12-23-18-13-16(20-19(21)22-2)10-11-17(18)24-14-15-8-6-5-7-9-15/h3-11,13H,12,14H2,1-2H3,(H,20,21)/b4-3+. The number of rotatable bonds is 7. The van der Waals surface area contributed by atoms with Crippen LogP contribution in [0.15, 0.2) is 60.7 Å². The van der Waals surface area contributed by atoms with E-state index in [1.165, 1.54) is 7.11 Å². The van der Waals surface area contributed by atoms with Crippen LogP contribution in [-0.2, 0) is 11.3 Å². The molecule has 1 amide bonds. The van der Waals surface area contributed by atoms with Gasteiger partial charge in [-0.1, -0.05) is 42.5 Å². The number of ether oxygens (including phenoxy) is 3. The summed E-state index contributed by atoms with van der Waals surface area (Å²) in [5.41, 5.74) is 1.64. The molecule has 0 fully saturated rings. The van der Waals surface area contributed by atoms with E-state index in [1.54, 1.807) is 18.2 Å². The van der Waals surface area contributed by atoms with E-state index in [2.05, 4.69) is 10.1 Å². The van der Waals surface area contributed by atoms with Crippen LogP contribution in [0.2, 0.25) is 0 Å². The average Bonchev–Trinajstić information content (AvgIpc) is 2.62.